The zero-order valence-electron chi connectivity index (χ0n) is 5.12. The summed E-state index contributed by atoms with van der Waals surface area (Å²) in [5.74, 6) is 0. The Balaban J connectivity index is 2.29. The normalized spacial score (nSPS) is 30.2. The van der Waals surface area contributed by atoms with Crippen molar-refractivity contribution in [3.05, 3.63) is 11.6 Å². The number of rotatable bonds is 0. The second-order valence-electron chi connectivity index (χ2n) is 2.31. The van der Waals surface area contributed by atoms with Crippen LogP contribution in [-0.4, -0.2) is 25.0 Å². The van der Waals surface area contributed by atoms with E-state index in [2.05, 4.69) is 16.1 Å². The lowest BCUT2D eigenvalue weighted by atomic mass is 10.1. The third kappa shape index (κ3) is 0.707. The predicted molar refractivity (Wildman–Crippen MR) is 38.3 cm³/mol. The molecule has 2 nitrogen and oxygen atoms in total. The summed E-state index contributed by atoms with van der Waals surface area (Å²) in [4.78, 5) is 8.36. The topological polar surface area (TPSA) is 24.7 Å². The van der Waals surface area contributed by atoms with E-state index in [4.69, 9.17) is 0 Å². The van der Waals surface area contributed by atoms with Crippen LogP contribution in [0.2, 0.25) is 0 Å². The highest BCUT2D eigenvalue weighted by Crippen LogP contribution is 2.17. The summed E-state index contributed by atoms with van der Waals surface area (Å²) in [7, 11) is 0. The molecule has 9 heavy (non-hydrogen) atoms. The van der Waals surface area contributed by atoms with Crippen molar-refractivity contribution in [2.45, 2.75) is 12.5 Å². The van der Waals surface area contributed by atoms with Crippen LogP contribution in [0.1, 0.15) is 6.42 Å². The minimum Gasteiger partial charge on any atom is -0.291 e. The van der Waals surface area contributed by atoms with E-state index in [1.807, 2.05) is 12.4 Å². The average Bonchev–Trinajstić information content (AvgIpc) is 2.33. The Hall–Kier alpha value is -0.920. The molecule has 0 radical (unpaired) electrons. The Kier molecular flexibility index (Phi) is 0.979. The maximum absolute atomic E-state index is 4.25. The van der Waals surface area contributed by atoms with Crippen molar-refractivity contribution in [1.82, 2.24) is 0 Å². The first kappa shape index (κ1) is 4.91. The molecule has 0 fully saturated rings. The molecule has 0 saturated carbocycles. The Morgan fingerprint density at radius 1 is 1.56 bits per heavy atom. The van der Waals surface area contributed by atoms with E-state index in [0.29, 0.717) is 6.04 Å². The summed E-state index contributed by atoms with van der Waals surface area (Å²) in [6.07, 6.45) is 6.96. The lowest BCUT2D eigenvalue weighted by Gasteiger charge is -2.08. The van der Waals surface area contributed by atoms with Crippen LogP contribution < -0.4 is 0 Å². The molecule has 0 aliphatic carbocycles. The molecule has 0 amide bonds. The molecule has 2 heteroatoms. The van der Waals surface area contributed by atoms with Crippen molar-refractivity contribution in [1.29, 1.82) is 0 Å². The largest absolute Gasteiger partial charge is 0.291 e. The van der Waals surface area contributed by atoms with Gasteiger partial charge in [-0.2, -0.15) is 0 Å². The van der Waals surface area contributed by atoms with Gasteiger partial charge in [-0.3, -0.25) is 9.98 Å². The molecule has 2 aliphatic heterocycles. The Morgan fingerprint density at radius 3 is 3.44 bits per heavy atom. The van der Waals surface area contributed by atoms with Crippen LogP contribution in [0, 0.1) is 0 Å². The first-order valence-electron chi connectivity index (χ1n) is 3.17. The number of hydrogen-bond acceptors (Lipinski definition) is 2. The number of aliphatic imine (C=N–C) groups is 2. The summed E-state index contributed by atoms with van der Waals surface area (Å²) in [6, 6.07) is 0.398. The molecule has 0 saturated heterocycles. The van der Waals surface area contributed by atoms with Gasteiger partial charge in [-0.05, 0) is 11.6 Å². The van der Waals surface area contributed by atoms with Crippen LogP contribution >= 0.6 is 0 Å². The van der Waals surface area contributed by atoms with Gasteiger partial charge in [-0.25, -0.2) is 0 Å². The van der Waals surface area contributed by atoms with Gasteiger partial charge in [0.15, 0.2) is 0 Å². The van der Waals surface area contributed by atoms with E-state index in [0.717, 1.165) is 13.0 Å². The smallest absolute Gasteiger partial charge is 0.0907 e. The van der Waals surface area contributed by atoms with Crippen molar-refractivity contribution < 1.29 is 0 Å². The fourth-order valence-electron chi connectivity index (χ4n) is 1.17. The zero-order valence-corrected chi connectivity index (χ0v) is 5.12. The molecule has 0 bridgehead atoms. The number of hydrogen-bond donors (Lipinski definition) is 0. The van der Waals surface area contributed by atoms with E-state index in [1.54, 1.807) is 0 Å². The summed E-state index contributed by atoms with van der Waals surface area (Å²) in [6.45, 7) is 0.863. The average molecular weight is 120 g/mol. The van der Waals surface area contributed by atoms with Gasteiger partial charge in [0, 0.05) is 18.9 Å². The molecular weight excluding hydrogens is 112 g/mol. The Labute approximate surface area is 54.0 Å². The first-order valence-corrected chi connectivity index (χ1v) is 3.17. The molecule has 0 aromatic heterocycles. The number of dihydropyridines is 1. The first-order chi connectivity index (χ1) is 4.47. The molecule has 2 aliphatic rings. The van der Waals surface area contributed by atoms with Crippen molar-refractivity contribution >= 4 is 12.4 Å². The highest BCUT2D eigenvalue weighted by molar-refractivity contribution is 5.78. The van der Waals surface area contributed by atoms with Gasteiger partial charge in [-0.15, -0.1) is 0 Å². The fraction of sp³-hybridized carbons (Fsp3) is 0.429. The summed E-state index contributed by atoms with van der Waals surface area (Å²) >= 11 is 0. The van der Waals surface area contributed by atoms with Crippen LogP contribution in [0.3, 0.4) is 0 Å². The summed E-state index contributed by atoms with van der Waals surface area (Å²) in [5.41, 5.74) is 1.42. The van der Waals surface area contributed by atoms with E-state index in [-0.39, 0.29) is 0 Å². The van der Waals surface area contributed by atoms with Crippen LogP contribution in [0.5, 0.6) is 0 Å². The monoisotopic (exact) mass is 120 g/mol. The fourth-order valence-corrected chi connectivity index (χ4v) is 1.17. The van der Waals surface area contributed by atoms with Gasteiger partial charge in [-0.1, -0.05) is 0 Å². The maximum atomic E-state index is 4.25. The minimum atomic E-state index is 0.398. The lowest BCUT2D eigenvalue weighted by molar-refractivity contribution is 0.796. The van der Waals surface area contributed by atoms with Crippen molar-refractivity contribution in [3.63, 3.8) is 0 Å². The van der Waals surface area contributed by atoms with Crippen molar-refractivity contribution in [2.75, 3.05) is 6.54 Å². The quantitative estimate of drug-likeness (QED) is 0.452. The Bertz CT molecular complexity index is 201. The Morgan fingerprint density at radius 2 is 2.56 bits per heavy atom. The van der Waals surface area contributed by atoms with E-state index in [1.165, 1.54) is 5.57 Å². The highest BCUT2D eigenvalue weighted by atomic mass is 14.9. The van der Waals surface area contributed by atoms with Crippen molar-refractivity contribution in [2.24, 2.45) is 9.98 Å². The van der Waals surface area contributed by atoms with Crippen LogP contribution in [0.15, 0.2) is 21.6 Å². The molecule has 0 aromatic carbocycles. The molecule has 2 heterocycles. The molecule has 2 rings (SSSR count). The van der Waals surface area contributed by atoms with Gasteiger partial charge < -0.3 is 0 Å². The second kappa shape index (κ2) is 1.79. The number of fused-ring (bicyclic) bond motifs is 1. The molecule has 46 valence electrons. The van der Waals surface area contributed by atoms with Gasteiger partial charge >= 0.3 is 0 Å². The van der Waals surface area contributed by atoms with Crippen LogP contribution in [-0.2, 0) is 0 Å². The standard InChI is InChI=1S/C7H8N2/c1-3-8-5-7-6(1)2-4-9-7/h1,3-4,7H,2,5H2. The van der Waals surface area contributed by atoms with E-state index >= 15 is 0 Å². The lowest BCUT2D eigenvalue weighted by Crippen LogP contribution is -2.11. The molecule has 1 unspecified atom stereocenters. The predicted octanol–water partition coefficient (Wildman–Crippen LogP) is 0.840. The van der Waals surface area contributed by atoms with E-state index in [9.17, 15) is 0 Å². The number of allylic oxidation sites excluding steroid dienone is 1. The van der Waals surface area contributed by atoms with Crippen LogP contribution in [0.25, 0.3) is 0 Å². The third-order valence-corrected chi connectivity index (χ3v) is 1.71. The number of nitrogens with zero attached hydrogens (tertiary/aromatic N) is 2. The molecule has 0 spiro atoms. The van der Waals surface area contributed by atoms with Gasteiger partial charge in [0.2, 0.25) is 0 Å². The molecule has 0 N–H and O–H groups in total. The third-order valence-electron chi connectivity index (χ3n) is 1.71. The summed E-state index contributed by atoms with van der Waals surface area (Å²) in [5, 5.41) is 0. The molecular formula is C7H8N2. The zero-order chi connectivity index (χ0) is 6.10. The van der Waals surface area contributed by atoms with E-state index < -0.39 is 0 Å². The van der Waals surface area contributed by atoms with Gasteiger partial charge in [0.05, 0.1) is 12.6 Å². The SMILES string of the molecule is C1=NCC2N=CCC2=C1. The van der Waals surface area contributed by atoms with Gasteiger partial charge in [0.1, 0.15) is 0 Å². The van der Waals surface area contributed by atoms with Crippen molar-refractivity contribution in [3.8, 4) is 0 Å². The summed E-state index contributed by atoms with van der Waals surface area (Å²) < 4.78 is 0. The highest BCUT2D eigenvalue weighted by Gasteiger charge is 2.16. The molecule has 0 aromatic rings. The minimum absolute atomic E-state index is 0.398. The second-order valence-corrected chi connectivity index (χ2v) is 2.31. The maximum Gasteiger partial charge on any atom is 0.0907 e. The molecule has 1 atom stereocenters. The van der Waals surface area contributed by atoms with Crippen LogP contribution in [0.4, 0.5) is 0 Å². The van der Waals surface area contributed by atoms with Gasteiger partial charge in [0.25, 0.3) is 0 Å².